The van der Waals surface area contributed by atoms with Crippen molar-refractivity contribution in [2.45, 2.75) is 26.9 Å². The summed E-state index contributed by atoms with van der Waals surface area (Å²) in [4.78, 5) is 24.3. The summed E-state index contributed by atoms with van der Waals surface area (Å²) in [6.07, 6.45) is 2.28. The van der Waals surface area contributed by atoms with Crippen molar-refractivity contribution in [1.82, 2.24) is 0 Å². The summed E-state index contributed by atoms with van der Waals surface area (Å²) in [5, 5.41) is 0. The van der Waals surface area contributed by atoms with Gasteiger partial charge in [0.15, 0.2) is 0 Å². The van der Waals surface area contributed by atoms with Gasteiger partial charge in [-0.15, -0.1) is 0 Å². The highest BCUT2D eigenvalue weighted by Gasteiger charge is 2.15. The molecule has 2 aromatic carbocycles. The summed E-state index contributed by atoms with van der Waals surface area (Å²) in [6.45, 7) is 4.17. The summed E-state index contributed by atoms with van der Waals surface area (Å²) in [6, 6.07) is 14.5. The van der Waals surface area contributed by atoms with Gasteiger partial charge in [0.25, 0.3) is 0 Å². The Kier molecular flexibility index (Phi) is 7.62. The molecule has 0 radical (unpaired) electrons. The second kappa shape index (κ2) is 10.2. The maximum absolute atomic E-state index is 12.4. The molecule has 2 rings (SSSR count). The smallest absolute Gasteiger partial charge is 0.342 e. The minimum Gasteiger partial charge on any atom is -0.496 e. The fraction of sp³-hybridized carbons (Fsp3) is 0.273. The van der Waals surface area contributed by atoms with Crippen LogP contribution >= 0.6 is 0 Å². The van der Waals surface area contributed by atoms with Gasteiger partial charge in [0.2, 0.25) is 0 Å². The van der Waals surface area contributed by atoms with Crippen molar-refractivity contribution >= 4 is 18.0 Å². The molecule has 5 heteroatoms. The Labute approximate surface area is 159 Å². The van der Waals surface area contributed by atoms with Crippen molar-refractivity contribution in [2.75, 3.05) is 13.7 Å². The highest BCUT2D eigenvalue weighted by Crippen LogP contribution is 2.24. The lowest BCUT2D eigenvalue weighted by Gasteiger charge is -2.10. The fourth-order valence-electron chi connectivity index (χ4n) is 2.50. The van der Waals surface area contributed by atoms with Gasteiger partial charge < -0.3 is 14.2 Å². The molecule has 0 saturated carbocycles. The van der Waals surface area contributed by atoms with Crippen LogP contribution in [0.25, 0.3) is 6.08 Å². The zero-order valence-electron chi connectivity index (χ0n) is 15.9. The number of methoxy groups -OCH3 is 1. The van der Waals surface area contributed by atoms with Crippen molar-refractivity contribution in [2.24, 2.45) is 0 Å². The standard InChI is InChI=1S/C22H24O5/c1-4-18(21(23)26-5-2)13-17-11-12-19(20(14-17)25-3)22(24)27-15-16-9-7-6-8-10-16/h6-14H,4-5,15H2,1-3H3. The van der Waals surface area contributed by atoms with Gasteiger partial charge in [-0.1, -0.05) is 43.3 Å². The van der Waals surface area contributed by atoms with Crippen molar-refractivity contribution in [1.29, 1.82) is 0 Å². The lowest BCUT2D eigenvalue weighted by Crippen LogP contribution is -2.08. The first-order valence-electron chi connectivity index (χ1n) is 8.85. The van der Waals surface area contributed by atoms with Gasteiger partial charge in [-0.05, 0) is 42.7 Å². The molecule has 0 aliphatic rings. The van der Waals surface area contributed by atoms with Crippen molar-refractivity contribution < 1.29 is 23.8 Å². The largest absolute Gasteiger partial charge is 0.496 e. The van der Waals surface area contributed by atoms with Crippen LogP contribution in [0.2, 0.25) is 0 Å². The van der Waals surface area contributed by atoms with Crippen LogP contribution in [0.4, 0.5) is 0 Å². The molecule has 27 heavy (non-hydrogen) atoms. The minimum atomic E-state index is -0.465. The van der Waals surface area contributed by atoms with Gasteiger partial charge in [-0.2, -0.15) is 0 Å². The molecule has 0 bridgehead atoms. The molecule has 0 fully saturated rings. The maximum Gasteiger partial charge on any atom is 0.342 e. The average molecular weight is 368 g/mol. The van der Waals surface area contributed by atoms with Crippen molar-refractivity contribution in [3.63, 3.8) is 0 Å². The normalized spacial score (nSPS) is 11.0. The van der Waals surface area contributed by atoms with Crippen LogP contribution in [-0.4, -0.2) is 25.7 Å². The monoisotopic (exact) mass is 368 g/mol. The molecule has 2 aromatic rings. The summed E-state index contributed by atoms with van der Waals surface area (Å²) < 4.78 is 15.7. The van der Waals surface area contributed by atoms with Crippen LogP contribution in [0.15, 0.2) is 54.1 Å². The van der Waals surface area contributed by atoms with Gasteiger partial charge in [0.05, 0.1) is 13.7 Å². The van der Waals surface area contributed by atoms with E-state index in [9.17, 15) is 9.59 Å². The molecule has 0 aliphatic carbocycles. The van der Waals surface area contributed by atoms with E-state index in [4.69, 9.17) is 14.2 Å². The zero-order valence-corrected chi connectivity index (χ0v) is 15.9. The Bertz CT molecular complexity index is 809. The predicted octanol–water partition coefficient (Wildman–Crippen LogP) is 4.41. The first-order valence-corrected chi connectivity index (χ1v) is 8.85. The van der Waals surface area contributed by atoms with Gasteiger partial charge >= 0.3 is 11.9 Å². The highest BCUT2D eigenvalue weighted by atomic mass is 16.5. The Balaban J connectivity index is 2.17. The molecule has 0 atom stereocenters. The molecule has 0 spiro atoms. The van der Waals surface area contributed by atoms with Crippen LogP contribution in [0.1, 0.15) is 41.8 Å². The van der Waals surface area contributed by atoms with Crippen LogP contribution in [0, 0.1) is 0 Å². The lowest BCUT2D eigenvalue weighted by atomic mass is 10.1. The average Bonchev–Trinajstić information content (AvgIpc) is 2.70. The summed E-state index contributed by atoms with van der Waals surface area (Å²) >= 11 is 0. The number of hydrogen-bond acceptors (Lipinski definition) is 5. The van der Waals surface area contributed by atoms with Gasteiger partial charge in [-0.3, -0.25) is 0 Å². The number of carbonyl (C=O) groups excluding carboxylic acids is 2. The van der Waals surface area contributed by atoms with E-state index < -0.39 is 5.97 Å². The molecule has 0 aromatic heterocycles. The number of benzene rings is 2. The third kappa shape index (κ3) is 5.71. The summed E-state index contributed by atoms with van der Waals surface area (Å²) in [7, 11) is 1.49. The SMILES string of the molecule is CCOC(=O)C(=Cc1ccc(C(=O)OCc2ccccc2)c(OC)c1)CC. The van der Waals surface area contributed by atoms with Gasteiger partial charge in [-0.25, -0.2) is 9.59 Å². The Morgan fingerprint density at radius 1 is 1.00 bits per heavy atom. The van der Waals surface area contributed by atoms with Crippen molar-refractivity contribution in [3.8, 4) is 5.75 Å². The first kappa shape index (κ1) is 20.2. The van der Waals surface area contributed by atoms with E-state index in [1.807, 2.05) is 37.3 Å². The fourth-order valence-corrected chi connectivity index (χ4v) is 2.50. The van der Waals surface area contributed by atoms with Gasteiger partial charge in [0.1, 0.15) is 17.9 Å². The number of carbonyl (C=O) groups is 2. The Hall–Kier alpha value is -3.08. The number of rotatable bonds is 8. The predicted molar refractivity (Wildman–Crippen MR) is 103 cm³/mol. The zero-order chi connectivity index (χ0) is 19.6. The van der Waals surface area contributed by atoms with E-state index in [0.717, 1.165) is 11.1 Å². The second-order valence-electron chi connectivity index (χ2n) is 5.77. The van der Waals surface area contributed by atoms with Crippen molar-refractivity contribution in [3.05, 3.63) is 70.8 Å². The van der Waals surface area contributed by atoms with E-state index in [0.29, 0.717) is 29.9 Å². The second-order valence-corrected chi connectivity index (χ2v) is 5.77. The Morgan fingerprint density at radius 3 is 2.37 bits per heavy atom. The number of ether oxygens (including phenoxy) is 3. The molecule has 0 unspecified atom stereocenters. The minimum absolute atomic E-state index is 0.188. The highest BCUT2D eigenvalue weighted by molar-refractivity contribution is 5.95. The van der Waals surface area contributed by atoms with E-state index in [1.54, 1.807) is 31.2 Å². The molecule has 142 valence electrons. The third-order valence-electron chi connectivity index (χ3n) is 3.92. The Morgan fingerprint density at radius 2 is 1.74 bits per heavy atom. The van der Waals surface area contributed by atoms with E-state index >= 15 is 0 Å². The molecular weight excluding hydrogens is 344 g/mol. The third-order valence-corrected chi connectivity index (χ3v) is 3.92. The molecule has 5 nitrogen and oxygen atoms in total. The van der Waals surface area contributed by atoms with Crippen LogP contribution in [-0.2, 0) is 20.9 Å². The quantitative estimate of drug-likeness (QED) is 0.510. The topological polar surface area (TPSA) is 61.8 Å². The molecule has 0 heterocycles. The number of hydrogen-bond donors (Lipinski definition) is 0. The van der Waals surface area contributed by atoms with Gasteiger partial charge in [0, 0.05) is 5.57 Å². The van der Waals surface area contributed by atoms with E-state index in [1.165, 1.54) is 7.11 Å². The molecule has 0 amide bonds. The molecule has 0 saturated heterocycles. The number of esters is 2. The van der Waals surface area contributed by atoms with E-state index in [2.05, 4.69) is 0 Å². The van der Waals surface area contributed by atoms with Crippen LogP contribution in [0.3, 0.4) is 0 Å². The first-order chi connectivity index (χ1) is 13.1. The summed E-state index contributed by atoms with van der Waals surface area (Å²) in [5.74, 6) is -0.418. The molecule has 0 aliphatic heterocycles. The van der Waals surface area contributed by atoms with E-state index in [-0.39, 0.29) is 12.6 Å². The molecular formula is C22H24O5. The lowest BCUT2D eigenvalue weighted by molar-refractivity contribution is -0.138. The summed E-state index contributed by atoms with van der Waals surface area (Å²) in [5.41, 5.74) is 2.54. The van der Waals surface area contributed by atoms with Crippen LogP contribution in [0.5, 0.6) is 5.75 Å². The van der Waals surface area contributed by atoms with Crippen LogP contribution < -0.4 is 4.74 Å². The maximum atomic E-state index is 12.4. The molecule has 0 N–H and O–H groups in total.